The van der Waals surface area contributed by atoms with E-state index in [2.05, 4.69) is 10.6 Å². The van der Waals surface area contributed by atoms with Gasteiger partial charge in [0, 0.05) is 6.61 Å². The first-order valence-electron chi connectivity index (χ1n) is 8.34. The lowest BCUT2D eigenvalue weighted by Gasteiger charge is -2.16. The Balaban J connectivity index is 1.60. The number of hydrogen-bond donors (Lipinski definition) is 2. The van der Waals surface area contributed by atoms with E-state index in [-0.39, 0.29) is 16.8 Å². The van der Waals surface area contributed by atoms with Crippen molar-refractivity contribution in [3.8, 4) is 5.75 Å². The van der Waals surface area contributed by atoms with E-state index in [1.165, 1.54) is 18.2 Å². The fourth-order valence-corrected chi connectivity index (χ4v) is 2.83. The predicted molar refractivity (Wildman–Crippen MR) is 101 cm³/mol. The van der Waals surface area contributed by atoms with Gasteiger partial charge in [-0.25, -0.2) is 4.39 Å². The molecule has 2 aromatic carbocycles. The third kappa shape index (κ3) is 4.77. The van der Waals surface area contributed by atoms with Crippen molar-refractivity contribution in [2.75, 3.05) is 18.5 Å². The van der Waals surface area contributed by atoms with Crippen LogP contribution in [0.5, 0.6) is 5.75 Å². The average Bonchev–Trinajstić information content (AvgIpc) is 3.14. The van der Waals surface area contributed by atoms with Gasteiger partial charge >= 0.3 is 0 Å². The second kappa shape index (κ2) is 8.73. The summed E-state index contributed by atoms with van der Waals surface area (Å²) >= 11 is 5.16. The molecule has 1 heterocycles. The Morgan fingerprint density at radius 3 is 2.77 bits per heavy atom. The number of halogens is 1. The van der Waals surface area contributed by atoms with Crippen LogP contribution in [-0.2, 0) is 4.74 Å². The molecule has 1 fully saturated rings. The Kier molecular flexibility index (Phi) is 6.14. The van der Waals surface area contributed by atoms with Crippen LogP contribution in [0, 0.1) is 5.82 Å². The molecule has 136 valence electrons. The number of carbonyl (C=O) groups excluding carboxylic acids is 1. The molecule has 0 aromatic heterocycles. The number of thiocarbonyl (C=S) groups is 1. The second-order valence-electron chi connectivity index (χ2n) is 5.83. The smallest absolute Gasteiger partial charge is 0.260 e. The van der Waals surface area contributed by atoms with E-state index in [1.54, 1.807) is 18.2 Å². The molecule has 7 heteroatoms. The van der Waals surface area contributed by atoms with Crippen LogP contribution in [0.4, 0.5) is 10.1 Å². The largest absolute Gasteiger partial charge is 0.489 e. The van der Waals surface area contributed by atoms with E-state index < -0.39 is 11.7 Å². The van der Waals surface area contributed by atoms with Crippen molar-refractivity contribution in [2.24, 2.45) is 0 Å². The minimum absolute atomic E-state index is 0.0615. The predicted octanol–water partition coefficient (Wildman–Crippen LogP) is 3.51. The highest BCUT2D eigenvalue weighted by molar-refractivity contribution is 7.80. The molecule has 0 spiro atoms. The zero-order chi connectivity index (χ0) is 18.4. The third-order valence-corrected chi connectivity index (χ3v) is 4.13. The normalized spacial score (nSPS) is 16.1. The van der Waals surface area contributed by atoms with Gasteiger partial charge in [0.2, 0.25) is 0 Å². The van der Waals surface area contributed by atoms with Gasteiger partial charge in [0.05, 0.1) is 17.4 Å². The fourth-order valence-electron chi connectivity index (χ4n) is 2.62. The number of anilines is 1. The average molecular weight is 374 g/mol. The van der Waals surface area contributed by atoms with Crippen LogP contribution in [0.1, 0.15) is 23.2 Å². The van der Waals surface area contributed by atoms with Crippen molar-refractivity contribution in [3.05, 3.63) is 59.9 Å². The van der Waals surface area contributed by atoms with Crippen molar-refractivity contribution in [1.29, 1.82) is 0 Å². The summed E-state index contributed by atoms with van der Waals surface area (Å²) in [6.07, 6.45) is 2.11. The molecule has 0 bridgehead atoms. The quantitative estimate of drug-likeness (QED) is 0.785. The molecule has 3 rings (SSSR count). The maximum atomic E-state index is 13.7. The Bertz CT molecular complexity index is 794. The SMILES string of the molecule is O=C(NC(=S)Nc1ccccc1OCC1CCCO1)c1ccccc1F. The molecule has 1 unspecified atom stereocenters. The number of amides is 1. The van der Waals surface area contributed by atoms with E-state index >= 15 is 0 Å². The van der Waals surface area contributed by atoms with Crippen LogP contribution < -0.4 is 15.4 Å². The molecule has 1 aliphatic rings. The molecule has 0 saturated carbocycles. The van der Waals surface area contributed by atoms with Gasteiger partial charge in [0.1, 0.15) is 18.2 Å². The molecular weight excluding hydrogens is 355 g/mol. The summed E-state index contributed by atoms with van der Waals surface area (Å²) in [5.74, 6) is -0.614. The molecule has 1 aliphatic heterocycles. The Labute approximate surface area is 156 Å². The van der Waals surface area contributed by atoms with E-state index in [9.17, 15) is 9.18 Å². The molecule has 0 aliphatic carbocycles. The highest BCUT2D eigenvalue weighted by Gasteiger charge is 2.17. The summed E-state index contributed by atoms with van der Waals surface area (Å²) in [5.41, 5.74) is 0.545. The van der Waals surface area contributed by atoms with Gasteiger partial charge in [-0.1, -0.05) is 24.3 Å². The van der Waals surface area contributed by atoms with Crippen molar-refractivity contribution in [3.63, 3.8) is 0 Å². The Morgan fingerprint density at radius 2 is 2.00 bits per heavy atom. The molecule has 26 heavy (non-hydrogen) atoms. The van der Waals surface area contributed by atoms with Gasteiger partial charge in [-0.2, -0.15) is 0 Å². The maximum Gasteiger partial charge on any atom is 0.260 e. The topological polar surface area (TPSA) is 59.6 Å². The van der Waals surface area contributed by atoms with Crippen LogP contribution in [0.25, 0.3) is 0 Å². The van der Waals surface area contributed by atoms with Crippen LogP contribution >= 0.6 is 12.2 Å². The minimum Gasteiger partial charge on any atom is -0.489 e. The molecule has 5 nitrogen and oxygen atoms in total. The monoisotopic (exact) mass is 374 g/mol. The first-order chi connectivity index (χ1) is 12.6. The number of carbonyl (C=O) groups is 1. The lowest BCUT2D eigenvalue weighted by atomic mass is 10.2. The molecule has 2 N–H and O–H groups in total. The van der Waals surface area contributed by atoms with E-state index in [0.29, 0.717) is 18.0 Å². The summed E-state index contributed by atoms with van der Waals surface area (Å²) in [4.78, 5) is 12.1. The zero-order valence-corrected chi connectivity index (χ0v) is 14.9. The van der Waals surface area contributed by atoms with Gasteiger partial charge in [-0.3, -0.25) is 10.1 Å². The minimum atomic E-state index is -0.613. The van der Waals surface area contributed by atoms with Crippen LogP contribution in [0.2, 0.25) is 0 Å². The molecule has 1 saturated heterocycles. The summed E-state index contributed by atoms with van der Waals surface area (Å²) in [6.45, 7) is 1.22. The number of rotatable bonds is 5. The summed E-state index contributed by atoms with van der Waals surface area (Å²) in [5, 5.41) is 5.45. The van der Waals surface area contributed by atoms with Crippen LogP contribution in [-0.4, -0.2) is 30.3 Å². The molecule has 1 amide bonds. The second-order valence-corrected chi connectivity index (χ2v) is 6.24. The molecule has 0 radical (unpaired) electrons. The van der Waals surface area contributed by atoms with Crippen molar-refractivity contribution < 1.29 is 18.7 Å². The highest BCUT2D eigenvalue weighted by atomic mass is 32.1. The number of hydrogen-bond acceptors (Lipinski definition) is 4. The fraction of sp³-hybridized carbons (Fsp3) is 0.263. The van der Waals surface area contributed by atoms with E-state index in [4.69, 9.17) is 21.7 Å². The van der Waals surface area contributed by atoms with E-state index in [1.807, 2.05) is 12.1 Å². The van der Waals surface area contributed by atoms with Gasteiger partial charge in [-0.15, -0.1) is 0 Å². The summed E-state index contributed by atoms with van der Waals surface area (Å²) < 4.78 is 25.0. The maximum absolute atomic E-state index is 13.7. The molecular formula is C19H19FN2O3S. The number of para-hydroxylation sites is 2. The molecule has 2 aromatic rings. The lowest BCUT2D eigenvalue weighted by Crippen LogP contribution is -2.34. The van der Waals surface area contributed by atoms with Gasteiger partial charge < -0.3 is 14.8 Å². The van der Waals surface area contributed by atoms with Crippen molar-refractivity contribution in [1.82, 2.24) is 5.32 Å². The van der Waals surface area contributed by atoms with Gasteiger partial charge in [0.25, 0.3) is 5.91 Å². The Morgan fingerprint density at radius 1 is 1.23 bits per heavy atom. The zero-order valence-electron chi connectivity index (χ0n) is 14.0. The first-order valence-corrected chi connectivity index (χ1v) is 8.74. The molecule has 1 atom stereocenters. The van der Waals surface area contributed by atoms with Crippen LogP contribution in [0.15, 0.2) is 48.5 Å². The van der Waals surface area contributed by atoms with E-state index in [0.717, 1.165) is 19.4 Å². The van der Waals surface area contributed by atoms with Crippen molar-refractivity contribution in [2.45, 2.75) is 18.9 Å². The van der Waals surface area contributed by atoms with Gasteiger partial charge in [0.15, 0.2) is 5.11 Å². The lowest BCUT2D eigenvalue weighted by molar-refractivity contribution is 0.0682. The highest BCUT2D eigenvalue weighted by Crippen LogP contribution is 2.25. The van der Waals surface area contributed by atoms with Crippen molar-refractivity contribution >= 4 is 28.9 Å². The number of ether oxygens (including phenoxy) is 2. The van der Waals surface area contributed by atoms with Crippen LogP contribution in [0.3, 0.4) is 0 Å². The summed E-state index contributed by atoms with van der Waals surface area (Å²) in [7, 11) is 0. The summed E-state index contributed by atoms with van der Waals surface area (Å²) in [6, 6.07) is 13.0. The standard InChI is InChI=1S/C19H19FN2O3S/c20-15-8-2-1-7-14(15)18(23)22-19(26)21-16-9-3-4-10-17(16)25-12-13-6-5-11-24-13/h1-4,7-10,13H,5-6,11-12H2,(H2,21,22,23,26). The third-order valence-electron chi connectivity index (χ3n) is 3.93. The Hall–Kier alpha value is -2.51. The number of nitrogens with one attached hydrogen (secondary N) is 2. The van der Waals surface area contributed by atoms with Gasteiger partial charge in [-0.05, 0) is 49.3 Å². The number of benzene rings is 2. The first kappa shape index (κ1) is 18.3.